The molecule has 16 heavy (non-hydrogen) atoms. The normalized spacial score (nSPS) is 23.2. The van der Waals surface area contributed by atoms with Gasteiger partial charge >= 0.3 is 0 Å². The van der Waals surface area contributed by atoms with E-state index in [2.05, 4.69) is 4.72 Å². The molecule has 1 fully saturated rings. The van der Waals surface area contributed by atoms with Crippen LogP contribution in [0.3, 0.4) is 0 Å². The van der Waals surface area contributed by atoms with E-state index in [0.717, 1.165) is 6.42 Å². The number of rotatable bonds is 5. The zero-order chi connectivity index (χ0) is 12.2. The first kappa shape index (κ1) is 13.8. The molecule has 1 rings (SSSR count). The van der Waals surface area contributed by atoms with Crippen molar-refractivity contribution in [3.8, 4) is 0 Å². The minimum atomic E-state index is -3.42. The second kappa shape index (κ2) is 5.87. The Labute approximate surface area is 101 Å². The van der Waals surface area contributed by atoms with Crippen molar-refractivity contribution in [2.45, 2.75) is 19.4 Å². The molecule has 1 saturated heterocycles. The Morgan fingerprint density at radius 3 is 2.94 bits per heavy atom. The van der Waals surface area contributed by atoms with Crippen molar-refractivity contribution >= 4 is 27.4 Å². The van der Waals surface area contributed by atoms with Crippen LogP contribution in [0.5, 0.6) is 0 Å². The van der Waals surface area contributed by atoms with Gasteiger partial charge in [0.2, 0.25) is 0 Å². The maximum absolute atomic E-state index is 11.8. The SMILES string of the molecule is CCCNS(=O)(=O)N1CCOC(C(N)=S)C1. The van der Waals surface area contributed by atoms with E-state index in [9.17, 15) is 8.42 Å². The molecule has 8 heteroatoms. The number of ether oxygens (including phenoxy) is 1. The van der Waals surface area contributed by atoms with E-state index in [1.165, 1.54) is 4.31 Å². The van der Waals surface area contributed by atoms with E-state index in [-0.39, 0.29) is 11.5 Å². The summed E-state index contributed by atoms with van der Waals surface area (Å²) in [6.45, 7) is 3.17. The van der Waals surface area contributed by atoms with Crippen LogP contribution in [-0.2, 0) is 14.9 Å². The van der Waals surface area contributed by atoms with Gasteiger partial charge in [0.05, 0.1) is 6.61 Å². The van der Waals surface area contributed by atoms with Gasteiger partial charge in [-0.2, -0.15) is 12.7 Å². The van der Waals surface area contributed by atoms with Crippen LogP contribution in [0.1, 0.15) is 13.3 Å². The number of hydrogen-bond acceptors (Lipinski definition) is 4. The molecule has 0 amide bonds. The summed E-state index contributed by atoms with van der Waals surface area (Å²) in [4.78, 5) is 0.190. The van der Waals surface area contributed by atoms with Crippen molar-refractivity contribution in [2.75, 3.05) is 26.2 Å². The zero-order valence-electron chi connectivity index (χ0n) is 9.18. The van der Waals surface area contributed by atoms with Crippen molar-refractivity contribution < 1.29 is 13.2 Å². The Hall–Kier alpha value is -0.280. The first-order chi connectivity index (χ1) is 7.47. The van der Waals surface area contributed by atoms with E-state index in [1.54, 1.807) is 0 Å². The highest BCUT2D eigenvalue weighted by Crippen LogP contribution is 2.09. The van der Waals surface area contributed by atoms with Gasteiger partial charge in [-0.15, -0.1) is 0 Å². The molecule has 1 aliphatic rings. The van der Waals surface area contributed by atoms with Crippen molar-refractivity contribution in [1.29, 1.82) is 0 Å². The molecule has 3 N–H and O–H groups in total. The standard InChI is InChI=1S/C8H17N3O3S2/c1-2-3-10-16(12,13)11-4-5-14-7(6-11)8(9)15/h7,10H,2-6H2,1H3,(H2,9,15). The Morgan fingerprint density at radius 1 is 1.69 bits per heavy atom. The van der Waals surface area contributed by atoms with E-state index in [0.29, 0.717) is 19.7 Å². The lowest BCUT2D eigenvalue weighted by Gasteiger charge is -2.31. The lowest BCUT2D eigenvalue weighted by atomic mass is 10.3. The predicted octanol–water partition coefficient (Wildman–Crippen LogP) is -0.782. The molecule has 0 spiro atoms. The summed E-state index contributed by atoms with van der Waals surface area (Å²) in [5, 5.41) is 0. The molecule has 1 heterocycles. The maximum Gasteiger partial charge on any atom is 0.279 e. The molecule has 6 nitrogen and oxygen atoms in total. The monoisotopic (exact) mass is 267 g/mol. The quantitative estimate of drug-likeness (QED) is 0.638. The molecular formula is C8H17N3O3S2. The first-order valence-corrected chi connectivity index (χ1v) is 6.98. The third-order valence-electron chi connectivity index (χ3n) is 2.22. The largest absolute Gasteiger partial charge is 0.391 e. The topological polar surface area (TPSA) is 84.7 Å². The van der Waals surface area contributed by atoms with Gasteiger partial charge in [-0.3, -0.25) is 0 Å². The Balaban J connectivity index is 2.62. The molecule has 94 valence electrons. The minimum Gasteiger partial charge on any atom is -0.391 e. The number of nitrogens with one attached hydrogen (secondary N) is 1. The highest BCUT2D eigenvalue weighted by Gasteiger charge is 2.30. The minimum absolute atomic E-state index is 0.189. The Bertz CT molecular complexity index is 344. The van der Waals surface area contributed by atoms with Crippen molar-refractivity contribution in [2.24, 2.45) is 5.73 Å². The van der Waals surface area contributed by atoms with Gasteiger partial charge in [0, 0.05) is 19.6 Å². The molecule has 1 unspecified atom stereocenters. The molecule has 0 radical (unpaired) electrons. The fourth-order valence-electron chi connectivity index (χ4n) is 1.34. The average molecular weight is 267 g/mol. The summed E-state index contributed by atoms with van der Waals surface area (Å²) in [5.41, 5.74) is 5.44. The summed E-state index contributed by atoms with van der Waals surface area (Å²) >= 11 is 4.79. The average Bonchev–Trinajstić information content (AvgIpc) is 2.26. The predicted molar refractivity (Wildman–Crippen MR) is 65.3 cm³/mol. The number of thiocarbonyl (C=S) groups is 1. The van der Waals surface area contributed by atoms with E-state index in [1.807, 2.05) is 6.92 Å². The van der Waals surface area contributed by atoms with Gasteiger partial charge in [-0.05, 0) is 6.42 Å². The molecule has 0 aromatic heterocycles. The van der Waals surface area contributed by atoms with Crippen LogP contribution in [0.25, 0.3) is 0 Å². The third kappa shape index (κ3) is 3.63. The van der Waals surface area contributed by atoms with Crippen LogP contribution in [0.15, 0.2) is 0 Å². The van der Waals surface area contributed by atoms with Crippen LogP contribution in [0.2, 0.25) is 0 Å². The smallest absolute Gasteiger partial charge is 0.279 e. The van der Waals surface area contributed by atoms with Gasteiger partial charge in [0.25, 0.3) is 10.2 Å². The second-order valence-electron chi connectivity index (χ2n) is 3.52. The summed E-state index contributed by atoms with van der Waals surface area (Å²) < 4.78 is 32.7. The number of nitrogens with zero attached hydrogens (tertiary/aromatic N) is 1. The van der Waals surface area contributed by atoms with Gasteiger partial charge in [-0.25, -0.2) is 4.72 Å². The lowest BCUT2D eigenvalue weighted by molar-refractivity contribution is 0.0382. The van der Waals surface area contributed by atoms with Crippen LogP contribution in [-0.4, -0.2) is 50.1 Å². The molecule has 1 aliphatic heterocycles. The lowest BCUT2D eigenvalue weighted by Crippen LogP contribution is -2.53. The highest BCUT2D eigenvalue weighted by atomic mass is 32.2. The summed E-state index contributed by atoms with van der Waals surface area (Å²) in [6, 6.07) is 0. The molecule has 1 atom stereocenters. The van der Waals surface area contributed by atoms with Crippen LogP contribution >= 0.6 is 12.2 Å². The second-order valence-corrected chi connectivity index (χ2v) is 5.75. The van der Waals surface area contributed by atoms with Crippen molar-refractivity contribution in [1.82, 2.24) is 9.03 Å². The summed E-state index contributed by atoms with van der Waals surface area (Å²) in [7, 11) is -3.42. The number of nitrogens with two attached hydrogens (primary N) is 1. The molecule has 0 saturated carbocycles. The van der Waals surface area contributed by atoms with Gasteiger partial charge in [0.15, 0.2) is 0 Å². The first-order valence-electron chi connectivity index (χ1n) is 5.13. The van der Waals surface area contributed by atoms with Crippen LogP contribution in [0, 0.1) is 0 Å². The maximum atomic E-state index is 11.8. The fourth-order valence-corrected chi connectivity index (χ4v) is 2.77. The van der Waals surface area contributed by atoms with Crippen molar-refractivity contribution in [3.63, 3.8) is 0 Å². The Morgan fingerprint density at radius 2 is 2.38 bits per heavy atom. The number of morpholine rings is 1. The summed E-state index contributed by atoms with van der Waals surface area (Å²) in [5.74, 6) is 0. The van der Waals surface area contributed by atoms with Crippen LogP contribution < -0.4 is 10.5 Å². The highest BCUT2D eigenvalue weighted by molar-refractivity contribution is 7.87. The number of hydrogen-bond donors (Lipinski definition) is 2. The van der Waals surface area contributed by atoms with Crippen molar-refractivity contribution in [3.05, 3.63) is 0 Å². The Kier molecular flexibility index (Phi) is 5.06. The third-order valence-corrected chi connectivity index (χ3v) is 4.06. The van der Waals surface area contributed by atoms with E-state index >= 15 is 0 Å². The van der Waals surface area contributed by atoms with E-state index in [4.69, 9.17) is 22.7 Å². The molecular weight excluding hydrogens is 250 g/mol. The fraction of sp³-hybridized carbons (Fsp3) is 0.875. The van der Waals surface area contributed by atoms with E-state index < -0.39 is 16.3 Å². The molecule has 0 bridgehead atoms. The molecule has 0 aromatic rings. The molecule has 0 aromatic carbocycles. The van der Waals surface area contributed by atoms with Crippen LogP contribution in [0.4, 0.5) is 0 Å². The zero-order valence-corrected chi connectivity index (χ0v) is 10.8. The van der Waals surface area contributed by atoms with Gasteiger partial charge < -0.3 is 10.5 Å². The molecule has 0 aliphatic carbocycles. The van der Waals surface area contributed by atoms with Gasteiger partial charge in [-0.1, -0.05) is 19.1 Å². The summed E-state index contributed by atoms with van der Waals surface area (Å²) in [6.07, 6.45) is 0.268. The van der Waals surface area contributed by atoms with Gasteiger partial charge in [0.1, 0.15) is 11.1 Å².